The van der Waals surface area contributed by atoms with Crippen LogP contribution in [0.1, 0.15) is 162 Å². The van der Waals surface area contributed by atoms with Gasteiger partial charge < -0.3 is 20.3 Å². The summed E-state index contributed by atoms with van der Waals surface area (Å²) in [6.07, 6.45) is 56.0. The number of allylic oxidation sites excluding steroid dienone is 18. The normalized spacial score (nSPS) is 14.5. The molecule has 0 aromatic rings. The highest BCUT2D eigenvalue weighted by Crippen LogP contribution is 2.15. The molecular weight excluding hydrogens is 683 g/mol. The van der Waals surface area contributed by atoms with Crippen LogP contribution in [-0.4, -0.2) is 46.9 Å². The van der Waals surface area contributed by atoms with Crippen molar-refractivity contribution >= 4 is 11.9 Å². The maximum atomic E-state index is 13.1. The van der Waals surface area contributed by atoms with E-state index in [0.29, 0.717) is 19.3 Å². The van der Waals surface area contributed by atoms with Gasteiger partial charge in [-0.1, -0.05) is 188 Å². The van der Waals surface area contributed by atoms with Gasteiger partial charge >= 0.3 is 5.97 Å². The first-order valence-corrected chi connectivity index (χ1v) is 21.7. The van der Waals surface area contributed by atoms with E-state index in [1.165, 1.54) is 38.5 Å². The lowest BCUT2D eigenvalue weighted by Gasteiger charge is -2.24. The number of esters is 1. The van der Waals surface area contributed by atoms with E-state index < -0.39 is 18.2 Å². The van der Waals surface area contributed by atoms with Crippen LogP contribution in [0.3, 0.4) is 0 Å². The molecule has 3 N–H and O–H groups in total. The van der Waals surface area contributed by atoms with E-state index >= 15 is 0 Å². The first-order valence-electron chi connectivity index (χ1n) is 21.7. The predicted octanol–water partition coefficient (Wildman–Crippen LogP) is 12.4. The van der Waals surface area contributed by atoms with Crippen LogP contribution in [0.5, 0.6) is 0 Å². The molecule has 0 aliphatic carbocycles. The minimum absolute atomic E-state index is 0.00560. The summed E-state index contributed by atoms with van der Waals surface area (Å²) in [5, 5.41) is 23.5. The van der Waals surface area contributed by atoms with E-state index in [0.717, 1.165) is 70.6 Å². The van der Waals surface area contributed by atoms with Crippen molar-refractivity contribution in [1.82, 2.24) is 5.32 Å². The Morgan fingerprint density at radius 3 is 1.64 bits per heavy atom. The topological polar surface area (TPSA) is 95.9 Å². The second-order valence-electron chi connectivity index (χ2n) is 14.1. The van der Waals surface area contributed by atoms with Crippen molar-refractivity contribution in [3.8, 4) is 0 Å². The molecule has 0 rings (SSSR count). The molecule has 0 fully saturated rings. The fraction of sp³-hybridized carbons (Fsp3) is 0.592. The number of unbranched alkanes of at least 4 members (excludes halogenated alkanes) is 9. The Balaban J connectivity index is 4.83. The summed E-state index contributed by atoms with van der Waals surface area (Å²) in [6.45, 7) is 6.13. The summed E-state index contributed by atoms with van der Waals surface area (Å²) < 4.78 is 5.80. The third kappa shape index (κ3) is 37.2. The van der Waals surface area contributed by atoms with Gasteiger partial charge in [-0.25, -0.2) is 0 Å². The molecule has 0 aliphatic heterocycles. The van der Waals surface area contributed by atoms with Crippen molar-refractivity contribution in [2.24, 2.45) is 0 Å². The summed E-state index contributed by atoms with van der Waals surface area (Å²) in [4.78, 5) is 25.9. The van der Waals surface area contributed by atoms with Crippen molar-refractivity contribution < 1.29 is 24.5 Å². The van der Waals surface area contributed by atoms with Crippen LogP contribution in [0, 0.1) is 0 Å². The van der Waals surface area contributed by atoms with Gasteiger partial charge in [-0.15, -0.1) is 0 Å². The van der Waals surface area contributed by atoms with Gasteiger partial charge in [0.05, 0.1) is 25.2 Å². The van der Waals surface area contributed by atoms with Crippen LogP contribution in [0.2, 0.25) is 0 Å². The molecule has 0 radical (unpaired) electrons. The highest BCUT2D eigenvalue weighted by molar-refractivity contribution is 5.77. The molecule has 0 aliphatic rings. The Morgan fingerprint density at radius 2 is 1.07 bits per heavy atom. The molecule has 3 unspecified atom stereocenters. The van der Waals surface area contributed by atoms with Crippen molar-refractivity contribution in [3.63, 3.8) is 0 Å². The molecule has 0 heterocycles. The van der Waals surface area contributed by atoms with E-state index in [2.05, 4.69) is 92.9 Å². The van der Waals surface area contributed by atoms with E-state index in [4.69, 9.17) is 4.74 Å². The molecule has 310 valence electrons. The van der Waals surface area contributed by atoms with Crippen molar-refractivity contribution in [2.75, 3.05) is 6.61 Å². The van der Waals surface area contributed by atoms with Gasteiger partial charge in [-0.3, -0.25) is 9.59 Å². The minimum atomic E-state index is -0.821. The zero-order valence-electron chi connectivity index (χ0n) is 35.0. The highest BCUT2D eigenvalue weighted by Gasteiger charge is 2.23. The zero-order valence-corrected chi connectivity index (χ0v) is 35.0. The number of ether oxygens (including phenoxy) is 1. The number of carbonyl (C=O) groups is 2. The second-order valence-corrected chi connectivity index (χ2v) is 14.1. The van der Waals surface area contributed by atoms with E-state index in [1.54, 1.807) is 0 Å². The number of aliphatic hydroxyl groups is 2. The average molecular weight is 762 g/mol. The van der Waals surface area contributed by atoms with Crippen LogP contribution >= 0.6 is 0 Å². The van der Waals surface area contributed by atoms with Crippen LogP contribution in [-0.2, 0) is 14.3 Å². The molecule has 0 aromatic heterocycles. The Morgan fingerprint density at radius 1 is 0.564 bits per heavy atom. The number of nitrogens with one attached hydrogen (secondary N) is 1. The first kappa shape index (κ1) is 51.5. The Kier molecular flexibility index (Phi) is 39.0. The Bertz CT molecular complexity index is 1170. The molecule has 0 saturated carbocycles. The number of hydrogen-bond donors (Lipinski definition) is 3. The third-order valence-electron chi connectivity index (χ3n) is 8.96. The summed E-state index contributed by atoms with van der Waals surface area (Å²) in [7, 11) is 0. The lowest BCUT2D eigenvalue weighted by atomic mass is 10.0. The summed E-state index contributed by atoms with van der Waals surface area (Å²) in [6, 6.07) is -0.741. The van der Waals surface area contributed by atoms with Gasteiger partial charge in [0.2, 0.25) is 5.91 Å². The summed E-state index contributed by atoms with van der Waals surface area (Å²) in [5.41, 5.74) is 0. The van der Waals surface area contributed by atoms with Crippen molar-refractivity contribution in [2.45, 2.75) is 180 Å². The van der Waals surface area contributed by atoms with Gasteiger partial charge in [-0.2, -0.15) is 0 Å². The van der Waals surface area contributed by atoms with Crippen LogP contribution < -0.4 is 5.32 Å². The van der Waals surface area contributed by atoms with Crippen molar-refractivity contribution in [1.29, 1.82) is 0 Å². The maximum Gasteiger partial charge on any atom is 0.306 e. The number of rotatable bonds is 36. The Labute approximate surface area is 337 Å². The number of amides is 1. The van der Waals surface area contributed by atoms with E-state index in [9.17, 15) is 19.8 Å². The lowest BCUT2D eigenvalue weighted by Crippen LogP contribution is -2.46. The smallest absolute Gasteiger partial charge is 0.306 e. The molecular formula is C49H79NO5. The number of hydrogen-bond acceptors (Lipinski definition) is 5. The third-order valence-corrected chi connectivity index (χ3v) is 8.96. The quantitative estimate of drug-likeness (QED) is 0.0256. The summed E-state index contributed by atoms with van der Waals surface area (Å²) in [5.74, 6) is -0.659. The largest absolute Gasteiger partial charge is 0.462 e. The van der Waals surface area contributed by atoms with Gasteiger partial charge in [0.1, 0.15) is 6.10 Å². The average Bonchev–Trinajstić information content (AvgIpc) is 3.18. The maximum absolute atomic E-state index is 13.1. The zero-order chi connectivity index (χ0) is 40.3. The van der Waals surface area contributed by atoms with Gasteiger partial charge in [0, 0.05) is 6.42 Å². The molecule has 6 nitrogen and oxygen atoms in total. The highest BCUT2D eigenvalue weighted by atomic mass is 16.5. The molecule has 3 atom stereocenters. The number of aliphatic hydroxyl groups excluding tert-OH is 2. The lowest BCUT2D eigenvalue weighted by molar-refractivity contribution is -0.150. The van der Waals surface area contributed by atoms with E-state index in [-0.39, 0.29) is 31.3 Å². The fourth-order valence-electron chi connectivity index (χ4n) is 5.73. The minimum Gasteiger partial charge on any atom is -0.462 e. The predicted molar refractivity (Wildman–Crippen MR) is 236 cm³/mol. The molecule has 0 saturated heterocycles. The standard InChI is InChI=1S/C49H79NO5/c1-4-7-10-13-16-19-21-22-23-24-25-27-30-33-36-39-42-49(54)55-45(40-37-34-31-29-26-20-17-14-11-8-5-2)43-48(53)50-46(44-51)47(52)41-38-35-32-28-18-15-12-9-6-3/h7-8,10-11,14,16-17,19-20,22-23,25-27,29,31,33,36,45-47,51-52H,4-6,9,12-13,15,18,21,24,28,30,32,34-35,37-44H2,1-3H3,(H,50,53)/b10-7+,11-8+,17-14+,19-16+,23-22+,26-20-,27-25+,31-29-,36-33+. The van der Waals surface area contributed by atoms with E-state index in [1.807, 2.05) is 42.5 Å². The first-order chi connectivity index (χ1) is 27.0. The van der Waals surface area contributed by atoms with Crippen LogP contribution in [0.25, 0.3) is 0 Å². The van der Waals surface area contributed by atoms with Gasteiger partial charge in [0.25, 0.3) is 0 Å². The number of carbonyl (C=O) groups excluding carboxylic acids is 2. The Hall–Kier alpha value is -3.48. The van der Waals surface area contributed by atoms with Crippen LogP contribution in [0.15, 0.2) is 109 Å². The summed E-state index contributed by atoms with van der Waals surface area (Å²) >= 11 is 0. The second kappa shape index (κ2) is 41.7. The van der Waals surface area contributed by atoms with Crippen molar-refractivity contribution in [3.05, 3.63) is 109 Å². The fourth-order valence-corrected chi connectivity index (χ4v) is 5.73. The molecule has 1 amide bonds. The van der Waals surface area contributed by atoms with Crippen LogP contribution in [0.4, 0.5) is 0 Å². The van der Waals surface area contributed by atoms with Gasteiger partial charge in [-0.05, 0) is 70.6 Å². The monoisotopic (exact) mass is 762 g/mol. The SMILES string of the molecule is CC/C=C/C=C/C=C\C=C/CCCC(CC(=O)NC(CO)C(O)CCCCCCCCCCC)OC(=O)CC/C=C/C/C=C/C/C=C/C/C=C/C/C=C/CC. The molecule has 55 heavy (non-hydrogen) atoms. The molecule has 0 aromatic carbocycles. The molecule has 6 heteroatoms. The molecule has 0 spiro atoms. The molecule has 0 bridgehead atoms. The van der Waals surface area contributed by atoms with Gasteiger partial charge in [0.15, 0.2) is 0 Å².